The number of nitriles is 1. The summed E-state index contributed by atoms with van der Waals surface area (Å²) in [5, 5.41) is 13.4. The number of hydrogen-bond acceptors (Lipinski definition) is 11. The number of hydrogen-bond donors (Lipinski definition) is 2. The highest BCUT2D eigenvalue weighted by molar-refractivity contribution is 7.80. The first-order valence-electron chi connectivity index (χ1n) is 17.5. The third-order valence-electron chi connectivity index (χ3n) is 9.51. The number of amides is 1. The van der Waals surface area contributed by atoms with E-state index in [1.54, 1.807) is 24.3 Å². The van der Waals surface area contributed by atoms with E-state index in [0.717, 1.165) is 29.5 Å². The van der Waals surface area contributed by atoms with Gasteiger partial charge in [0.15, 0.2) is 11.5 Å². The molecular weight excluding hydrogens is 701 g/mol. The molecule has 0 aliphatic heterocycles. The van der Waals surface area contributed by atoms with Gasteiger partial charge in [0.1, 0.15) is 23.3 Å². The molecule has 0 radical (unpaired) electrons. The van der Waals surface area contributed by atoms with Crippen molar-refractivity contribution in [2.75, 3.05) is 26.2 Å². The Kier molecular flexibility index (Phi) is 12.3. The summed E-state index contributed by atoms with van der Waals surface area (Å²) in [5.41, 5.74) is 6.21. The molecule has 1 aliphatic carbocycles. The highest BCUT2D eigenvalue weighted by atomic mass is 32.2. The Balaban J connectivity index is 1.46. The summed E-state index contributed by atoms with van der Waals surface area (Å²) in [6.45, 7) is 12.1. The number of H-pyrrole nitrogens is 1. The van der Waals surface area contributed by atoms with Crippen LogP contribution in [0.5, 0.6) is 5.88 Å². The number of aryl methyl sites for hydroxylation is 3. The standard InChI is InChI=1S/C38H46N6O8S/c1-21-15-23(3)32(24(4)16-21)50-37(46)31-29(20-39)35-40-34(41-44(35)36(31)51-38(47)43(7)14-10-13-30(45)49-8)27-11-9-12-28(19-27)42-52-53(48)33-25(5)17-22(2)18-26(33)6/h9,11-12,17-19,21,23-24,32,42H,10,13-16H2,1-8H3,(H,40,41). The number of nitrogens with zero attached hydrogens (tertiary/aromatic N) is 4. The van der Waals surface area contributed by atoms with Crippen LogP contribution in [0.15, 0.2) is 41.3 Å². The van der Waals surface area contributed by atoms with E-state index in [1.807, 2.05) is 46.8 Å². The molecule has 2 aromatic carbocycles. The van der Waals surface area contributed by atoms with Gasteiger partial charge in [0.25, 0.3) is 0 Å². The lowest BCUT2D eigenvalue weighted by atomic mass is 9.75. The summed E-state index contributed by atoms with van der Waals surface area (Å²) in [6.07, 6.45) is 0.950. The number of esters is 2. The van der Waals surface area contributed by atoms with Gasteiger partial charge < -0.3 is 19.1 Å². The lowest BCUT2D eigenvalue weighted by molar-refractivity contribution is -0.140. The number of fused-ring (bicyclic) bond motifs is 1. The maximum atomic E-state index is 13.9. The van der Waals surface area contributed by atoms with Crippen LogP contribution in [0.1, 0.15) is 79.1 Å². The Hall–Kier alpha value is -5.20. The zero-order chi connectivity index (χ0) is 38.6. The third-order valence-corrected chi connectivity index (χ3v) is 10.7. The van der Waals surface area contributed by atoms with E-state index in [4.69, 9.17) is 13.8 Å². The average Bonchev–Trinajstić information content (AvgIpc) is 3.66. The van der Waals surface area contributed by atoms with Crippen molar-refractivity contribution >= 4 is 40.4 Å². The first-order valence-corrected chi connectivity index (χ1v) is 18.6. The number of anilines is 1. The zero-order valence-electron chi connectivity index (χ0n) is 31.3. The van der Waals surface area contributed by atoms with Gasteiger partial charge in [0, 0.05) is 25.6 Å². The van der Waals surface area contributed by atoms with Gasteiger partial charge in [-0.3, -0.25) is 15.4 Å². The van der Waals surface area contributed by atoms with Crippen LogP contribution in [-0.4, -0.2) is 68.5 Å². The maximum absolute atomic E-state index is 13.9. The summed E-state index contributed by atoms with van der Waals surface area (Å²) in [4.78, 5) is 45.4. The number of rotatable bonds is 12. The summed E-state index contributed by atoms with van der Waals surface area (Å²) >= 11 is -1.81. The lowest BCUT2D eigenvalue weighted by Crippen LogP contribution is -2.37. The number of methoxy groups -OCH3 is 1. The van der Waals surface area contributed by atoms with E-state index in [9.17, 15) is 23.9 Å². The van der Waals surface area contributed by atoms with Crippen molar-refractivity contribution in [3.05, 3.63) is 64.2 Å². The largest absolute Gasteiger partial charge is 0.469 e. The molecule has 2 aromatic heterocycles. The molecule has 2 heterocycles. The van der Waals surface area contributed by atoms with Crippen molar-refractivity contribution in [1.29, 1.82) is 5.26 Å². The Labute approximate surface area is 311 Å². The predicted molar refractivity (Wildman–Crippen MR) is 197 cm³/mol. The second kappa shape index (κ2) is 16.6. The molecule has 14 nitrogen and oxygen atoms in total. The first kappa shape index (κ1) is 39.0. The molecule has 15 heteroatoms. The van der Waals surface area contributed by atoms with Gasteiger partial charge in [0.2, 0.25) is 17.0 Å². The SMILES string of the molecule is COC(=O)CCCN(C)C(=O)Oc1c(C(=O)OC2C(C)CC(C)CC2C)c(C#N)c2nc(-c3cccc(NOS(=O)c4c(C)cc(C)cc4C)c3)[nH]n12. The molecule has 53 heavy (non-hydrogen) atoms. The van der Waals surface area contributed by atoms with E-state index >= 15 is 0 Å². The lowest BCUT2D eigenvalue weighted by Gasteiger charge is -2.37. The van der Waals surface area contributed by atoms with Crippen LogP contribution in [-0.2, 0) is 29.6 Å². The van der Waals surface area contributed by atoms with Crippen LogP contribution in [0.4, 0.5) is 10.5 Å². The Bertz CT molecular complexity index is 2050. The number of aromatic amines is 1. The molecule has 4 aromatic rings. The summed E-state index contributed by atoms with van der Waals surface area (Å²) < 4.78 is 36.5. The minimum atomic E-state index is -1.81. The van der Waals surface area contributed by atoms with Gasteiger partial charge in [-0.2, -0.15) is 9.55 Å². The average molecular weight is 747 g/mol. The second-order valence-electron chi connectivity index (χ2n) is 14.0. The van der Waals surface area contributed by atoms with Gasteiger partial charge in [0.05, 0.1) is 17.7 Å². The van der Waals surface area contributed by atoms with Crippen LogP contribution in [0.2, 0.25) is 0 Å². The topological polar surface area (TPSA) is 177 Å². The van der Waals surface area contributed by atoms with Crippen LogP contribution in [0, 0.1) is 49.9 Å². The summed E-state index contributed by atoms with van der Waals surface area (Å²) in [6, 6.07) is 12.9. The van der Waals surface area contributed by atoms with Crippen LogP contribution < -0.4 is 10.2 Å². The van der Waals surface area contributed by atoms with E-state index in [1.165, 1.54) is 23.6 Å². The number of aromatic nitrogens is 3. The predicted octanol–water partition coefficient (Wildman–Crippen LogP) is 6.80. The normalized spacial score (nSPS) is 18.9. The van der Waals surface area contributed by atoms with E-state index in [0.29, 0.717) is 28.5 Å². The molecule has 1 saturated carbocycles. The highest BCUT2D eigenvalue weighted by Crippen LogP contribution is 2.38. The van der Waals surface area contributed by atoms with Crippen molar-refractivity contribution in [2.45, 2.75) is 78.2 Å². The fourth-order valence-electron chi connectivity index (χ4n) is 7.22. The van der Waals surface area contributed by atoms with Crippen LogP contribution in [0.3, 0.4) is 0 Å². The van der Waals surface area contributed by atoms with Crippen LogP contribution in [0.25, 0.3) is 17.0 Å². The zero-order valence-corrected chi connectivity index (χ0v) is 32.1. The van der Waals surface area contributed by atoms with Gasteiger partial charge in [-0.15, -0.1) is 0 Å². The third kappa shape index (κ3) is 8.72. The summed E-state index contributed by atoms with van der Waals surface area (Å²) in [7, 11) is 2.78. The first-order chi connectivity index (χ1) is 25.2. The Morgan fingerprint density at radius 3 is 2.42 bits per heavy atom. The molecule has 0 bridgehead atoms. The molecule has 0 saturated heterocycles. The smallest absolute Gasteiger partial charge is 0.416 e. The van der Waals surface area contributed by atoms with Gasteiger partial charge in [-0.05, 0) is 81.0 Å². The molecule has 3 atom stereocenters. The quantitative estimate of drug-likeness (QED) is 0.115. The fourth-order valence-corrected chi connectivity index (χ4v) is 8.12. The molecule has 282 valence electrons. The van der Waals surface area contributed by atoms with Crippen molar-refractivity contribution < 1.29 is 37.1 Å². The maximum Gasteiger partial charge on any atom is 0.416 e. The molecular formula is C38H46N6O8S. The molecule has 3 unspecified atom stereocenters. The Morgan fingerprint density at radius 2 is 1.77 bits per heavy atom. The van der Waals surface area contributed by atoms with Crippen molar-refractivity contribution in [3.63, 3.8) is 0 Å². The number of carbonyl (C=O) groups excluding carboxylic acids is 3. The monoisotopic (exact) mass is 746 g/mol. The Morgan fingerprint density at radius 1 is 1.09 bits per heavy atom. The van der Waals surface area contributed by atoms with Gasteiger partial charge in [-0.1, -0.05) is 50.6 Å². The highest BCUT2D eigenvalue weighted by Gasteiger charge is 2.38. The van der Waals surface area contributed by atoms with E-state index < -0.39 is 35.2 Å². The number of nitrogens with one attached hydrogen (secondary N) is 2. The number of benzene rings is 2. The molecule has 1 fully saturated rings. The van der Waals surface area contributed by atoms with E-state index in [2.05, 4.69) is 33.3 Å². The summed E-state index contributed by atoms with van der Waals surface area (Å²) in [5.74, 6) is -0.545. The molecule has 5 rings (SSSR count). The van der Waals surface area contributed by atoms with Crippen LogP contribution >= 0.6 is 0 Å². The van der Waals surface area contributed by atoms with E-state index in [-0.39, 0.29) is 53.3 Å². The minimum Gasteiger partial charge on any atom is -0.469 e. The number of carbonyl (C=O) groups is 3. The van der Waals surface area contributed by atoms with Gasteiger partial charge >= 0.3 is 18.0 Å². The molecule has 1 amide bonds. The molecule has 2 N–H and O–H groups in total. The minimum absolute atomic E-state index is 0.0463. The van der Waals surface area contributed by atoms with Crippen molar-refractivity contribution in [2.24, 2.45) is 17.8 Å². The fraction of sp³-hybridized carbons (Fsp3) is 0.447. The molecule has 0 spiro atoms. The van der Waals surface area contributed by atoms with Gasteiger partial charge in [-0.25, -0.2) is 23.3 Å². The van der Waals surface area contributed by atoms with Crippen molar-refractivity contribution in [3.8, 4) is 23.3 Å². The van der Waals surface area contributed by atoms with Crippen molar-refractivity contribution in [1.82, 2.24) is 19.5 Å². The molecule has 1 aliphatic rings. The number of ether oxygens (including phenoxy) is 3. The second-order valence-corrected chi connectivity index (χ2v) is 15.0.